The number of hydrogen-bond donors (Lipinski definition) is 1. The first-order chi connectivity index (χ1) is 14.6. The Kier molecular flexibility index (Phi) is 5.20. The number of carbonyl (C=O) groups excluding carboxylic acids is 1. The molecule has 0 amide bonds. The molecular formula is C24H22N2O4. The van der Waals surface area contributed by atoms with Gasteiger partial charge in [-0.2, -0.15) is 5.26 Å². The summed E-state index contributed by atoms with van der Waals surface area (Å²) in [6.07, 6.45) is 5.72. The molecular weight excluding hydrogens is 380 g/mol. The van der Waals surface area contributed by atoms with Crippen molar-refractivity contribution in [3.05, 3.63) is 59.0 Å². The van der Waals surface area contributed by atoms with E-state index in [1.807, 2.05) is 18.3 Å². The third-order valence-corrected chi connectivity index (χ3v) is 5.32. The van der Waals surface area contributed by atoms with E-state index in [0.29, 0.717) is 18.7 Å². The Morgan fingerprint density at radius 3 is 2.87 bits per heavy atom. The third kappa shape index (κ3) is 3.29. The quantitative estimate of drug-likeness (QED) is 0.471. The van der Waals surface area contributed by atoms with Gasteiger partial charge in [-0.1, -0.05) is 13.0 Å². The Balaban J connectivity index is 1.85. The fraction of sp³-hybridized carbons (Fsp3) is 0.250. The Bertz CT molecular complexity index is 1210. The molecule has 3 aromatic rings. The lowest BCUT2D eigenvalue weighted by atomic mass is 10.0. The Morgan fingerprint density at radius 2 is 2.17 bits per heavy atom. The highest BCUT2D eigenvalue weighted by atomic mass is 16.5. The van der Waals surface area contributed by atoms with E-state index < -0.39 is 0 Å². The molecule has 1 aromatic heterocycles. The lowest BCUT2D eigenvalue weighted by molar-refractivity contribution is 0.101. The van der Waals surface area contributed by atoms with Crippen LogP contribution in [0.25, 0.3) is 17.0 Å². The van der Waals surface area contributed by atoms with Gasteiger partial charge in [0, 0.05) is 30.1 Å². The average Bonchev–Trinajstić information content (AvgIpc) is 3.26. The molecule has 0 saturated heterocycles. The maximum absolute atomic E-state index is 12.8. The first-order valence-corrected chi connectivity index (χ1v) is 9.90. The van der Waals surface area contributed by atoms with E-state index in [1.54, 1.807) is 25.3 Å². The first-order valence-electron chi connectivity index (χ1n) is 9.90. The van der Waals surface area contributed by atoms with E-state index in [2.05, 4.69) is 17.6 Å². The molecule has 0 aliphatic carbocycles. The number of nitrogens with zero attached hydrogens (tertiary/aromatic N) is 2. The maximum atomic E-state index is 12.8. The van der Waals surface area contributed by atoms with Gasteiger partial charge >= 0.3 is 0 Å². The number of nitriles is 1. The maximum Gasteiger partial charge on any atom is 0.235 e. The number of phenolic OH excluding ortho intramolecular Hbond substituents is 1. The molecule has 1 aliphatic rings. The Hall–Kier alpha value is -3.72. The SMILES string of the molecule is CCc1cc(OC)cc2c(C=C3Oc4cccc(O)c4C3=O)cn(CCCC#N)c12. The molecule has 0 bridgehead atoms. The fourth-order valence-corrected chi connectivity index (χ4v) is 3.89. The second kappa shape index (κ2) is 7.96. The lowest BCUT2D eigenvalue weighted by Crippen LogP contribution is -1.99. The van der Waals surface area contributed by atoms with Gasteiger partial charge < -0.3 is 19.1 Å². The summed E-state index contributed by atoms with van der Waals surface area (Å²) in [7, 11) is 1.63. The fourth-order valence-electron chi connectivity index (χ4n) is 3.89. The van der Waals surface area contributed by atoms with E-state index in [1.165, 1.54) is 6.07 Å². The molecule has 4 rings (SSSR count). The predicted molar refractivity (Wildman–Crippen MR) is 114 cm³/mol. The number of unbranched alkanes of at least 4 members (excludes halogenated alkanes) is 1. The van der Waals surface area contributed by atoms with Crippen molar-refractivity contribution in [1.29, 1.82) is 5.26 Å². The number of Topliss-reactive ketones (excluding diaryl/α,β-unsaturated/α-hetero) is 1. The monoisotopic (exact) mass is 402 g/mol. The molecule has 0 atom stereocenters. The highest BCUT2D eigenvalue weighted by Crippen LogP contribution is 2.38. The summed E-state index contributed by atoms with van der Waals surface area (Å²) >= 11 is 0. The molecule has 0 fully saturated rings. The summed E-state index contributed by atoms with van der Waals surface area (Å²) in [5.41, 5.74) is 3.21. The summed E-state index contributed by atoms with van der Waals surface area (Å²) in [6, 6.07) is 10.9. The van der Waals surface area contributed by atoms with Gasteiger partial charge in [-0.3, -0.25) is 4.79 Å². The summed E-state index contributed by atoms with van der Waals surface area (Å²) in [4.78, 5) is 12.8. The molecule has 30 heavy (non-hydrogen) atoms. The lowest BCUT2D eigenvalue weighted by Gasteiger charge is -2.10. The Morgan fingerprint density at radius 1 is 1.33 bits per heavy atom. The van der Waals surface area contributed by atoms with Crippen molar-refractivity contribution in [2.45, 2.75) is 32.7 Å². The molecule has 1 aliphatic heterocycles. The van der Waals surface area contributed by atoms with Gasteiger partial charge in [0.25, 0.3) is 0 Å². The zero-order chi connectivity index (χ0) is 21.3. The molecule has 6 heteroatoms. The van der Waals surface area contributed by atoms with Gasteiger partial charge in [0.15, 0.2) is 5.76 Å². The minimum atomic E-state index is -0.341. The van der Waals surface area contributed by atoms with Gasteiger partial charge in [0.1, 0.15) is 22.8 Å². The minimum Gasteiger partial charge on any atom is -0.507 e. The van der Waals surface area contributed by atoms with Crippen LogP contribution in [0.5, 0.6) is 17.2 Å². The number of allylic oxidation sites excluding steroid dienone is 1. The van der Waals surface area contributed by atoms with Crippen LogP contribution < -0.4 is 9.47 Å². The van der Waals surface area contributed by atoms with Gasteiger partial charge in [0.05, 0.1) is 18.7 Å². The number of ketones is 1. The van der Waals surface area contributed by atoms with Crippen molar-refractivity contribution < 1.29 is 19.4 Å². The molecule has 6 nitrogen and oxygen atoms in total. The van der Waals surface area contributed by atoms with Crippen molar-refractivity contribution >= 4 is 22.8 Å². The van der Waals surface area contributed by atoms with Gasteiger partial charge in [-0.05, 0) is 48.7 Å². The number of aromatic hydroxyl groups is 1. The zero-order valence-corrected chi connectivity index (χ0v) is 16.9. The van der Waals surface area contributed by atoms with Crippen molar-refractivity contribution in [3.8, 4) is 23.3 Å². The standard InChI is InChI=1S/C24H22N2O4/c1-3-15-11-17(29-2)13-18-16(14-26(23(15)18)10-5-4-9-25)12-21-24(28)22-19(27)7-6-8-20(22)30-21/h6-8,11-14,27H,3-5,10H2,1-2H3. The highest BCUT2D eigenvalue weighted by molar-refractivity contribution is 6.16. The molecule has 0 saturated carbocycles. The van der Waals surface area contributed by atoms with Gasteiger partial charge in [0.2, 0.25) is 5.78 Å². The van der Waals surface area contributed by atoms with Crippen LogP contribution in [-0.2, 0) is 13.0 Å². The van der Waals surface area contributed by atoms with E-state index in [0.717, 1.165) is 40.6 Å². The summed E-state index contributed by atoms with van der Waals surface area (Å²) in [5, 5.41) is 19.9. The summed E-state index contributed by atoms with van der Waals surface area (Å²) in [6.45, 7) is 2.78. The topological polar surface area (TPSA) is 84.5 Å². The van der Waals surface area contributed by atoms with Crippen LogP contribution in [0.15, 0.2) is 42.3 Å². The predicted octanol–water partition coefficient (Wildman–Crippen LogP) is 4.84. The number of fused-ring (bicyclic) bond motifs is 2. The van der Waals surface area contributed by atoms with Crippen LogP contribution in [0, 0.1) is 11.3 Å². The number of aromatic nitrogens is 1. The van der Waals surface area contributed by atoms with Crippen LogP contribution in [0.4, 0.5) is 0 Å². The minimum absolute atomic E-state index is 0.0882. The number of hydrogen-bond acceptors (Lipinski definition) is 5. The summed E-state index contributed by atoms with van der Waals surface area (Å²) < 4.78 is 13.3. The van der Waals surface area contributed by atoms with Crippen molar-refractivity contribution in [2.75, 3.05) is 7.11 Å². The normalized spacial score (nSPS) is 14.0. The molecule has 2 heterocycles. The number of aryl methyl sites for hydroxylation is 2. The van der Waals surface area contributed by atoms with E-state index in [-0.39, 0.29) is 22.9 Å². The van der Waals surface area contributed by atoms with Crippen LogP contribution in [0.3, 0.4) is 0 Å². The van der Waals surface area contributed by atoms with E-state index >= 15 is 0 Å². The number of benzene rings is 2. The number of methoxy groups -OCH3 is 1. The number of ether oxygens (including phenoxy) is 2. The first kappa shape index (κ1) is 19.6. The highest BCUT2D eigenvalue weighted by Gasteiger charge is 2.30. The number of phenols is 1. The zero-order valence-electron chi connectivity index (χ0n) is 16.9. The molecule has 152 valence electrons. The van der Waals surface area contributed by atoms with Crippen molar-refractivity contribution in [3.63, 3.8) is 0 Å². The average molecular weight is 402 g/mol. The van der Waals surface area contributed by atoms with Gasteiger partial charge in [-0.25, -0.2) is 0 Å². The molecule has 0 radical (unpaired) electrons. The van der Waals surface area contributed by atoms with Gasteiger partial charge in [-0.15, -0.1) is 0 Å². The second-order valence-corrected chi connectivity index (χ2v) is 7.17. The second-order valence-electron chi connectivity index (χ2n) is 7.17. The van der Waals surface area contributed by atoms with Crippen molar-refractivity contribution in [1.82, 2.24) is 4.57 Å². The van der Waals surface area contributed by atoms with E-state index in [9.17, 15) is 9.90 Å². The van der Waals surface area contributed by atoms with Crippen molar-refractivity contribution in [2.24, 2.45) is 0 Å². The Labute approximate surface area is 174 Å². The van der Waals surface area contributed by atoms with Crippen LogP contribution in [-0.4, -0.2) is 22.6 Å². The molecule has 0 spiro atoms. The van der Waals surface area contributed by atoms with Crippen LogP contribution in [0.2, 0.25) is 0 Å². The molecule has 0 unspecified atom stereocenters. The molecule has 2 aromatic carbocycles. The number of carbonyl (C=O) groups is 1. The van der Waals surface area contributed by atoms with Crippen LogP contribution >= 0.6 is 0 Å². The van der Waals surface area contributed by atoms with Crippen LogP contribution in [0.1, 0.15) is 41.3 Å². The summed E-state index contributed by atoms with van der Waals surface area (Å²) in [5.74, 6) is 0.842. The smallest absolute Gasteiger partial charge is 0.235 e. The molecule has 1 N–H and O–H groups in total. The number of rotatable bonds is 6. The van der Waals surface area contributed by atoms with E-state index in [4.69, 9.17) is 14.7 Å². The largest absolute Gasteiger partial charge is 0.507 e. The third-order valence-electron chi connectivity index (χ3n) is 5.32.